The maximum Gasteiger partial charge on any atom is 0.351 e. The lowest BCUT2D eigenvalue weighted by Gasteiger charge is -2.23. The van der Waals surface area contributed by atoms with Crippen molar-refractivity contribution in [1.29, 1.82) is 0 Å². The first kappa shape index (κ1) is 18.6. The minimum atomic E-state index is -0.776. The molecular formula is C20H24N2O3S. The fraction of sp³-hybridized carbons (Fsp3) is 0.450. The number of esters is 1. The summed E-state index contributed by atoms with van der Waals surface area (Å²) in [6, 6.07) is 9.73. The summed E-state index contributed by atoms with van der Waals surface area (Å²) in [5.41, 5.74) is 1.60. The van der Waals surface area contributed by atoms with Crippen LogP contribution in [0, 0.1) is 6.92 Å². The van der Waals surface area contributed by atoms with Gasteiger partial charge in [-0.05, 0) is 26.7 Å². The van der Waals surface area contributed by atoms with Gasteiger partial charge in [-0.2, -0.15) is 0 Å². The molecule has 3 rings (SSSR count). The van der Waals surface area contributed by atoms with E-state index in [0.717, 1.165) is 49.3 Å². The first-order valence-electron chi connectivity index (χ1n) is 9.09. The van der Waals surface area contributed by atoms with Crippen molar-refractivity contribution in [2.24, 2.45) is 0 Å². The number of likely N-dealkylation sites (tertiary alicyclic amines) is 1. The van der Waals surface area contributed by atoms with E-state index in [1.54, 1.807) is 13.8 Å². The Kier molecular flexibility index (Phi) is 6.04. The Labute approximate surface area is 158 Å². The Morgan fingerprint density at radius 3 is 2.42 bits per heavy atom. The summed E-state index contributed by atoms with van der Waals surface area (Å²) in [4.78, 5) is 31.9. The minimum absolute atomic E-state index is 0.106. The first-order chi connectivity index (χ1) is 12.6. The molecule has 0 aliphatic carbocycles. The number of ether oxygens (including phenoxy) is 1. The van der Waals surface area contributed by atoms with Gasteiger partial charge in [-0.3, -0.25) is 4.79 Å². The molecule has 6 heteroatoms. The molecule has 1 unspecified atom stereocenters. The van der Waals surface area contributed by atoms with Crippen LogP contribution in [0.5, 0.6) is 0 Å². The van der Waals surface area contributed by atoms with Crippen LogP contribution in [0.25, 0.3) is 10.6 Å². The summed E-state index contributed by atoms with van der Waals surface area (Å²) in [6.45, 7) is 4.94. The van der Waals surface area contributed by atoms with E-state index in [4.69, 9.17) is 4.74 Å². The number of aromatic nitrogens is 1. The SMILES string of the molecule is Cc1nc(-c2ccccc2)sc1C(=O)OC(C)C(=O)N1CCCCCC1. The summed E-state index contributed by atoms with van der Waals surface area (Å²) in [5.74, 6) is -0.580. The molecule has 2 aromatic rings. The van der Waals surface area contributed by atoms with E-state index < -0.39 is 12.1 Å². The van der Waals surface area contributed by atoms with Gasteiger partial charge in [0.1, 0.15) is 9.88 Å². The molecule has 1 aromatic carbocycles. The van der Waals surface area contributed by atoms with Crippen molar-refractivity contribution in [3.05, 3.63) is 40.9 Å². The highest BCUT2D eigenvalue weighted by molar-refractivity contribution is 7.17. The van der Waals surface area contributed by atoms with Crippen LogP contribution in [0.4, 0.5) is 0 Å². The second-order valence-electron chi connectivity index (χ2n) is 6.59. The van der Waals surface area contributed by atoms with Crippen molar-refractivity contribution in [1.82, 2.24) is 9.88 Å². The lowest BCUT2D eigenvalue weighted by Crippen LogP contribution is -2.40. The third kappa shape index (κ3) is 4.30. The van der Waals surface area contributed by atoms with Gasteiger partial charge in [0.2, 0.25) is 0 Å². The van der Waals surface area contributed by atoms with Crippen molar-refractivity contribution < 1.29 is 14.3 Å². The third-order valence-electron chi connectivity index (χ3n) is 4.55. The molecule has 1 aromatic heterocycles. The summed E-state index contributed by atoms with van der Waals surface area (Å²) in [7, 11) is 0. The number of benzene rings is 1. The lowest BCUT2D eigenvalue weighted by molar-refractivity contribution is -0.139. The predicted molar refractivity (Wildman–Crippen MR) is 102 cm³/mol. The number of nitrogens with zero attached hydrogens (tertiary/aromatic N) is 2. The van der Waals surface area contributed by atoms with Gasteiger partial charge in [0.05, 0.1) is 5.69 Å². The van der Waals surface area contributed by atoms with Gasteiger partial charge in [-0.1, -0.05) is 43.2 Å². The van der Waals surface area contributed by atoms with Crippen LogP contribution in [0.15, 0.2) is 30.3 Å². The van der Waals surface area contributed by atoms with Crippen LogP contribution in [-0.4, -0.2) is 41.0 Å². The monoisotopic (exact) mass is 372 g/mol. The molecule has 0 saturated carbocycles. The zero-order valence-corrected chi connectivity index (χ0v) is 16.1. The highest BCUT2D eigenvalue weighted by Crippen LogP contribution is 2.28. The number of carbonyl (C=O) groups is 2. The summed E-state index contributed by atoms with van der Waals surface area (Å²) < 4.78 is 5.46. The molecular weight excluding hydrogens is 348 g/mol. The van der Waals surface area contributed by atoms with Crippen LogP contribution < -0.4 is 0 Å². The molecule has 138 valence electrons. The van der Waals surface area contributed by atoms with Crippen LogP contribution in [0.2, 0.25) is 0 Å². The average molecular weight is 372 g/mol. The normalized spacial score (nSPS) is 16.0. The summed E-state index contributed by atoms with van der Waals surface area (Å²) >= 11 is 1.30. The van der Waals surface area contributed by atoms with E-state index in [1.807, 2.05) is 35.2 Å². The molecule has 5 nitrogen and oxygen atoms in total. The van der Waals surface area contributed by atoms with Gasteiger partial charge in [-0.15, -0.1) is 11.3 Å². The van der Waals surface area contributed by atoms with Crippen molar-refractivity contribution in [3.8, 4) is 10.6 Å². The van der Waals surface area contributed by atoms with Crippen LogP contribution in [-0.2, 0) is 9.53 Å². The van der Waals surface area contributed by atoms with E-state index in [2.05, 4.69) is 4.98 Å². The maximum atomic E-state index is 12.6. The number of aryl methyl sites for hydroxylation is 1. The number of hydrogen-bond donors (Lipinski definition) is 0. The minimum Gasteiger partial charge on any atom is -0.448 e. The largest absolute Gasteiger partial charge is 0.448 e. The molecule has 1 atom stereocenters. The van der Waals surface area contributed by atoms with Gasteiger partial charge in [0.25, 0.3) is 5.91 Å². The Morgan fingerprint density at radius 1 is 1.12 bits per heavy atom. The van der Waals surface area contributed by atoms with Crippen LogP contribution in [0.3, 0.4) is 0 Å². The number of carbonyl (C=O) groups excluding carboxylic acids is 2. The molecule has 0 radical (unpaired) electrons. The summed E-state index contributed by atoms with van der Waals surface area (Å²) in [5, 5.41) is 0.779. The molecule has 0 bridgehead atoms. The molecule has 26 heavy (non-hydrogen) atoms. The highest BCUT2D eigenvalue weighted by atomic mass is 32.1. The fourth-order valence-electron chi connectivity index (χ4n) is 3.10. The molecule has 1 aliphatic heterocycles. The Bertz CT molecular complexity index is 765. The van der Waals surface area contributed by atoms with E-state index >= 15 is 0 Å². The highest BCUT2D eigenvalue weighted by Gasteiger charge is 2.26. The molecule has 1 aliphatic rings. The number of thiazole rings is 1. The molecule has 0 spiro atoms. The fourth-order valence-corrected chi connectivity index (χ4v) is 4.06. The van der Waals surface area contributed by atoms with Gasteiger partial charge in [-0.25, -0.2) is 9.78 Å². The van der Waals surface area contributed by atoms with Crippen molar-refractivity contribution in [2.45, 2.75) is 45.6 Å². The Balaban J connectivity index is 1.67. The van der Waals surface area contributed by atoms with E-state index in [1.165, 1.54) is 11.3 Å². The lowest BCUT2D eigenvalue weighted by atomic mass is 10.2. The first-order valence-corrected chi connectivity index (χ1v) is 9.90. The molecule has 2 heterocycles. The standard InChI is InChI=1S/C20H24N2O3S/c1-14-17(26-18(21-14)16-10-6-5-7-11-16)20(24)25-15(2)19(23)22-12-8-3-4-9-13-22/h5-7,10-11,15H,3-4,8-9,12-13H2,1-2H3. The second kappa shape index (κ2) is 8.45. The van der Waals surface area contributed by atoms with Crippen LogP contribution in [0.1, 0.15) is 48.0 Å². The molecule has 1 saturated heterocycles. The number of hydrogen-bond acceptors (Lipinski definition) is 5. The van der Waals surface area contributed by atoms with Gasteiger partial charge in [0.15, 0.2) is 6.10 Å². The van der Waals surface area contributed by atoms with Gasteiger partial charge >= 0.3 is 5.97 Å². The average Bonchev–Trinajstić information content (AvgIpc) is 2.86. The van der Waals surface area contributed by atoms with Crippen molar-refractivity contribution in [2.75, 3.05) is 13.1 Å². The molecule has 1 fully saturated rings. The third-order valence-corrected chi connectivity index (χ3v) is 5.74. The van der Waals surface area contributed by atoms with Crippen molar-refractivity contribution >= 4 is 23.2 Å². The molecule has 0 N–H and O–H groups in total. The maximum absolute atomic E-state index is 12.6. The number of amides is 1. The van der Waals surface area contributed by atoms with E-state index in [-0.39, 0.29) is 5.91 Å². The van der Waals surface area contributed by atoms with Crippen LogP contribution >= 0.6 is 11.3 Å². The van der Waals surface area contributed by atoms with E-state index in [0.29, 0.717) is 10.6 Å². The topological polar surface area (TPSA) is 59.5 Å². The quantitative estimate of drug-likeness (QED) is 0.759. The number of rotatable bonds is 4. The van der Waals surface area contributed by atoms with Gasteiger partial charge in [0, 0.05) is 18.7 Å². The zero-order valence-electron chi connectivity index (χ0n) is 15.2. The Morgan fingerprint density at radius 2 is 1.77 bits per heavy atom. The zero-order chi connectivity index (χ0) is 18.5. The van der Waals surface area contributed by atoms with E-state index in [9.17, 15) is 9.59 Å². The summed E-state index contributed by atoms with van der Waals surface area (Å²) in [6.07, 6.45) is 3.56. The Hall–Kier alpha value is -2.21. The van der Waals surface area contributed by atoms with Crippen molar-refractivity contribution in [3.63, 3.8) is 0 Å². The van der Waals surface area contributed by atoms with Gasteiger partial charge < -0.3 is 9.64 Å². The molecule has 1 amide bonds. The second-order valence-corrected chi connectivity index (χ2v) is 7.59. The smallest absolute Gasteiger partial charge is 0.351 e. The predicted octanol–water partition coefficient (Wildman–Crippen LogP) is 4.07.